The molecule has 1 aliphatic rings. The highest BCUT2D eigenvalue weighted by Crippen LogP contribution is 2.21. The van der Waals surface area contributed by atoms with E-state index in [1.807, 2.05) is 20.8 Å². The molecule has 0 aromatic rings. The van der Waals surface area contributed by atoms with Crippen molar-refractivity contribution >= 4 is 6.09 Å². The molecule has 0 aliphatic carbocycles. The van der Waals surface area contributed by atoms with Gasteiger partial charge >= 0.3 is 6.09 Å². The van der Waals surface area contributed by atoms with Crippen LogP contribution in [0.2, 0.25) is 0 Å². The first-order valence-electron chi connectivity index (χ1n) is 8.20. The van der Waals surface area contributed by atoms with Gasteiger partial charge in [-0.25, -0.2) is 4.79 Å². The van der Waals surface area contributed by atoms with Gasteiger partial charge in [-0.3, -0.25) is 4.90 Å². The molecule has 1 rings (SSSR count). The molecule has 0 aromatic carbocycles. The van der Waals surface area contributed by atoms with Crippen LogP contribution in [-0.4, -0.2) is 62.0 Å². The van der Waals surface area contributed by atoms with E-state index in [9.17, 15) is 4.79 Å². The highest BCUT2D eigenvalue weighted by atomic mass is 16.6. The van der Waals surface area contributed by atoms with Crippen LogP contribution in [0.4, 0.5) is 4.79 Å². The summed E-state index contributed by atoms with van der Waals surface area (Å²) in [4.78, 5) is 14.0. The van der Waals surface area contributed by atoms with E-state index in [0.29, 0.717) is 19.0 Å². The lowest BCUT2D eigenvalue weighted by Crippen LogP contribution is -2.51. The summed E-state index contributed by atoms with van der Waals surface area (Å²) < 4.78 is 10.8. The van der Waals surface area contributed by atoms with E-state index in [0.717, 1.165) is 25.9 Å². The fraction of sp³-hybridized carbons (Fsp3) is 0.938. The summed E-state index contributed by atoms with van der Waals surface area (Å²) in [6.45, 7) is 10.9. The molecule has 0 radical (unpaired) electrons. The third kappa shape index (κ3) is 6.50. The molecular formula is C16H33N3O3. The summed E-state index contributed by atoms with van der Waals surface area (Å²) in [5.74, 6) is 0.583. The molecule has 6 heteroatoms. The molecule has 6 nitrogen and oxygen atoms in total. The Morgan fingerprint density at radius 1 is 1.45 bits per heavy atom. The van der Waals surface area contributed by atoms with Crippen molar-refractivity contribution in [3.05, 3.63) is 0 Å². The number of nitrogens with zero attached hydrogens (tertiary/aromatic N) is 1. The topological polar surface area (TPSA) is 76.8 Å². The maximum absolute atomic E-state index is 11.6. The summed E-state index contributed by atoms with van der Waals surface area (Å²) in [6.07, 6.45) is 1.83. The fourth-order valence-electron chi connectivity index (χ4n) is 2.80. The first kappa shape index (κ1) is 19.2. The third-order valence-corrected chi connectivity index (χ3v) is 4.16. The predicted molar refractivity (Wildman–Crippen MR) is 87.8 cm³/mol. The van der Waals surface area contributed by atoms with E-state index < -0.39 is 5.60 Å². The molecule has 1 aliphatic heterocycles. The minimum absolute atomic E-state index is 0.264. The van der Waals surface area contributed by atoms with Crippen LogP contribution in [-0.2, 0) is 9.47 Å². The number of hydrogen-bond donors (Lipinski definition) is 2. The van der Waals surface area contributed by atoms with E-state index in [-0.39, 0.29) is 18.2 Å². The molecule has 130 valence electrons. The minimum Gasteiger partial charge on any atom is -0.444 e. The highest BCUT2D eigenvalue weighted by molar-refractivity contribution is 5.67. The average molecular weight is 315 g/mol. The van der Waals surface area contributed by atoms with Gasteiger partial charge in [0.1, 0.15) is 5.60 Å². The zero-order chi connectivity index (χ0) is 16.8. The lowest BCUT2D eigenvalue weighted by Gasteiger charge is -2.40. The van der Waals surface area contributed by atoms with Crippen molar-refractivity contribution in [3.63, 3.8) is 0 Å². The third-order valence-electron chi connectivity index (χ3n) is 4.16. The van der Waals surface area contributed by atoms with Gasteiger partial charge in [0.25, 0.3) is 0 Å². The SMILES string of the molecule is COC1CN(C(CN)CCNC(=O)OC(C)(C)C)CCC1C. The van der Waals surface area contributed by atoms with Crippen molar-refractivity contribution in [2.45, 2.75) is 58.3 Å². The van der Waals surface area contributed by atoms with Crippen molar-refractivity contribution in [1.82, 2.24) is 10.2 Å². The molecule has 0 bridgehead atoms. The monoisotopic (exact) mass is 315 g/mol. The summed E-state index contributed by atoms with van der Waals surface area (Å²) in [5.41, 5.74) is 5.45. The van der Waals surface area contributed by atoms with Gasteiger partial charge in [0.2, 0.25) is 0 Å². The number of ether oxygens (including phenoxy) is 2. The Kier molecular flexibility index (Phi) is 7.59. The van der Waals surface area contributed by atoms with Crippen LogP contribution in [0.1, 0.15) is 40.5 Å². The Bertz CT molecular complexity index is 344. The quantitative estimate of drug-likeness (QED) is 0.778. The zero-order valence-electron chi connectivity index (χ0n) is 14.7. The van der Waals surface area contributed by atoms with Crippen LogP contribution in [0.15, 0.2) is 0 Å². The minimum atomic E-state index is -0.466. The summed E-state index contributed by atoms with van der Waals surface area (Å²) in [6, 6.07) is 0.264. The Morgan fingerprint density at radius 3 is 2.68 bits per heavy atom. The molecule has 1 heterocycles. The van der Waals surface area contributed by atoms with Gasteiger partial charge < -0.3 is 20.5 Å². The number of carbonyl (C=O) groups is 1. The smallest absolute Gasteiger partial charge is 0.407 e. The first-order chi connectivity index (χ1) is 10.3. The highest BCUT2D eigenvalue weighted by Gasteiger charge is 2.29. The molecule has 0 saturated carbocycles. The van der Waals surface area contributed by atoms with Gasteiger partial charge in [-0.2, -0.15) is 0 Å². The molecule has 0 aromatic heterocycles. The second-order valence-electron chi connectivity index (χ2n) is 7.14. The van der Waals surface area contributed by atoms with Gasteiger partial charge in [0.15, 0.2) is 0 Å². The molecule has 1 amide bonds. The number of nitrogens with two attached hydrogens (primary N) is 1. The van der Waals surface area contributed by atoms with Crippen LogP contribution < -0.4 is 11.1 Å². The Labute approximate surface area is 134 Å². The summed E-state index contributed by atoms with van der Waals surface area (Å²) >= 11 is 0. The number of alkyl carbamates (subject to hydrolysis) is 1. The number of rotatable bonds is 6. The van der Waals surface area contributed by atoms with Gasteiger partial charge in [-0.05, 0) is 46.1 Å². The first-order valence-corrected chi connectivity index (χ1v) is 8.20. The summed E-state index contributed by atoms with van der Waals surface area (Å²) in [5, 5.41) is 2.80. The number of nitrogens with one attached hydrogen (secondary N) is 1. The van der Waals surface area contributed by atoms with Crippen LogP contribution in [0.3, 0.4) is 0 Å². The van der Waals surface area contributed by atoms with Crippen molar-refractivity contribution in [2.75, 3.05) is 33.3 Å². The van der Waals surface area contributed by atoms with Crippen molar-refractivity contribution in [1.29, 1.82) is 0 Å². The maximum atomic E-state index is 11.6. The maximum Gasteiger partial charge on any atom is 0.407 e. The number of likely N-dealkylation sites (tertiary alicyclic amines) is 1. The van der Waals surface area contributed by atoms with Crippen LogP contribution >= 0.6 is 0 Å². The largest absolute Gasteiger partial charge is 0.444 e. The predicted octanol–water partition coefficient (Wildman–Crippen LogP) is 1.59. The molecule has 1 fully saturated rings. The van der Waals surface area contributed by atoms with Crippen LogP contribution in [0, 0.1) is 5.92 Å². The standard InChI is InChI=1S/C16H33N3O3/c1-12-7-9-19(11-14(12)21-5)13(10-17)6-8-18-15(20)22-16(2,3)4/h12-14H,6-11,17H2,1-5H3,(H,18,20). The average Bonchev–Trinajstić information content (AvgIpc) is 2.42. The van der Waals surface area contributed by atoms with Gasteiger partial charge in [-0.1, -0.05) is 6.92 Å². The Balaban J connectivity index is 2.37. The number of piperidine rings is 1. The fourth-order valence-corrected chi connectivity index (χ4v) is 2.80. The number of carbonyl (C=O) groups excluding carboxylic acids is 1. The Morgan fingerprint density at radius 2 is 2.14 bits per heavy atom. The van der Waals surface area contributed by atoms with E-state index in [2.05, 4.69) is 17.1 Å². The number of amides is 1. The molecular weight excluding hydrogens is 282 g/mol. The zero-order valence-corrected chi connectivity index (χ0v) is 14.7. The van der Waals surface area contributed by atoms with Crippen molar-refractivity contribution in [2.24, 2.45) is 11.7 Å². The van der Waals surface area contributed by atoms with Crippen LogP contribution in [0.5, 0.6) is 0 Å². The van der Waals surface area contributed by atoms with Gasteiger partial charge in [0.05, 0.1) is 6.10 Å². The lowest BCUT2D eigenvalue weighted by atomic mass is 9.94. The Hall–Kier alpha value is -0.850. The van der Waals surface area contributed by atoms with Crippen LogP contribution in [0.25, 0.3) is 0 Å². The van der Waals surface area contributed by atoms with Crippen molar-refractivity contribution < 1.29 is 14.3 Å². The van der Waals surface area contributed by atoms with E-state index in [4.69, 9.17) is 15.2 Å². The molecule has 3 N–H and O–H groups in total. The number of hydrogen-bond acceptors (Lipinski definition) is 5. The van der Waals surface area contributed by atoms with Gasteiger partial charge in [-0.15, -0.1) is 0 Å². The molecule has 0 spiro atoms. The van der Waals surface area contributed by atoms with E-state index in [1.165, 1.54) is 0 Å². The lowest BCUT2D eigenvalue weighted by molar-refractivity contribution is -0.0189. The molecule has 3 atom stereocenters. The van der Waals surface area contributed by atoms with E-state index >= 15 is 0 Å². The summed E-state index contributed by atoms with van der Waals surface area (Å²) in [7, 11) is 1.77. The second-order valence-corrected chi connectivity index (χ2v) is 7.14. The second kappa shape index (κ2) is 8.70. The van der Waals surface area contributed by atoms with E-state index in [1.54, 1.807) is 7.11 Å². The molecule has 1 saturated heterocycles. The van der Waals surface area contributed by atoms with Gasteiger partial charge in [0, 0.05) is 32.8 Å². The van der Waals surface area contributed by atoms with Crippen molar-refractivity contribution in [3.8, 4) is 0 Å². The molecule has 22 heavy (non-hydrogen) atoms. The molecule has 3 unspecified atom stereocenters. The normalized spacial score (nSPS) is 24.8. The number of methoxy groups -OCH3 is 1.